The predicted octanol–water partition coefficient (Wildman–Crippen LogP) is 2.66. The van der Waals surface area contributed by atoms with E-state index in [2.05, 4.69) is 26.0 Å². The summed E-state index contributed by atoms with van der Waals surface area (Å²) in [6.45, 7) is 10.2. The fourth-order valence-corrected chi connectivity index (χ4v) is 3.45. The Morgan fingerprint density at radius 3 is 2.81 bits per heavy atom. The van der Waals surface area contributed by atoms with Crippen molar-refractivity contribution in [2.24, 2.45) is 0 Å². The zero-order valence-corrected chi connectivity index (χ0v) is 16.5. The van der Waals surface area contributed by atoms with Gasteiger partial charge in [-0.3, -0.25) is 4.90 Å². The van der Waals surface area contributed by atoms with Crippen LogP contribution in [0.3, 0.4) is 0 Å². The number of rotatable bonds is 8. The summed E-state index contributed by atoms with van der Waals surface area (Å²) in [5, 5.41) is 13.7. The summed E-state index contributed by atoms with van der Waals surface area (Å²) in [6.07, 6.45) is 0.711. The molecule has 1 aromatic heterocycles. The Morgan fingerprint density at radius 1 is 1.30 bits per heavy atom. The number of nitrogens with zero attached hydrogens (tertiary/aromatic N) is 4. The third-order valence-corrected chi connectivity index (χ3v) is 4.92. The molecule has 1 aromatic carbocycles. The van der Waals surface area contributed by atoms with Crippen LogP contribution in [0, 0.1) is 0 Å². The first-order chi connectivity index (χ1) is 13.1. The minimum atomic E-state index is 0.158. The van der Waals surface area contributed by atoms with E-state index in [1.54, 1.807) is 0 Å². The number of benzene rings is 1. The van der Waals surface area contributed by atoms with Crippen LogP contribution in [0.2, 0.25) is 0 Å². The minimum absolute atomic E-state index is 0.158. The summed E-state index contributed by atoms with van der Waals surface area (Å²) in [5.41, 5.74) is 1.18. The molecule has 0 aliphatic carbocycles. The van der Waals surface area contributed by atoms with Crippen LogP contribution >= 0.6 is 0 Å². The molecule has 0 spiro atoms. The molecule has 1 atom stereocenters. The molecule has 1 saturated heterocycles. The Kier molecular flexibility index (Phi) is 6.68. The molecule has 148 valence electrons. The predicted molar refractivity (Wildman–Crippen MR) is 104 cm³/mol. The van der Waals surface area contributed by atoms with Crippen LogP contribution in [0.5, 0.6) is 5.75 Å². The van der Waals surface area contributed by atoms with E-state index in [0.717, 1.165) is 31.9 Å². The van der Waals surface area contributed by atoms with Crippen LogP contribution in [0.25, 0.3) is 0 Å². The average Bonchev–Trinajstić information content (AvgIpc) is 3.16. The average molecular weight is 374 g/mol. The number of aromatic nitrogens is 2. The Hall–Kier alpha value is -2.12. The highest BCUT2D eigenvalue weighted by Crippen LogP contribution is 2.25. The van der Waals surface area contributed by atoms with Crippen molar-refractivity contribution in [3.05, 3.63) is 35.7 Å². The van der Waals surface area contributed by atoms with Crippen molar-refractivity contribution in [2.75, 3.05) is 37.7 Å². The van der Waals surface area contributed by atoms with Gasteiger partial charge in [0.05, 0.1) is 6.61 Å². The van der Waals surface area contributed by atoms with Crippen LogP contribution in [0.4, 0.5) is 5.95 Å². The van der Waals surface area contributed by atoms with E-state index >= 15 is 0 Å². The van der Waals surface area contributed by atoms with Gasteiger partial charge in [0.15, 0.2) is 0 Å². The number of aliphatic hydroxyl groups is 1. The smallest absolute Gasteiger partial charge is 0.266 e. The van der Waals surface area contributed by atoms with E-state index < -0.39 is 0 Å². The van der Waals surface area contributed by atoms with Crippen molar-refractivity contribution >= 4 is 5.95 Å². The molecule has 2 heterocycles. The Labute approximate surface area is 160 Å². The highest BCUT2D eigenvalue weighted by atomic mass is 16.5. The van der Waals surface area contributed by atoms with Crippen molar-refractivity contribution in [3.63, 3.8) is 0 Å². The first kappa shape index (κ1) is 19.6. The molecule has 27 heavy (non-hydrogen) atoms. The number of hydrogen-bond acceptors (Lipinski definition) is 7. The molecule has 1 aliphatic rings. The lowest BCUT2D eigenvalue weighted by molar-refractivity contribution is 0.133. The minimum Gasteiger partial charge on any atom is -0.494 e. The molecule has 0 saturated carbocycles. The normalized spacial score (nSPS) is 18.3. The first-order valence-electron chi connectivity index (χ1n) is 9.76. The molecular formula is C20H30N4O3. The zero-order valence-electron chi connectivity index (χ0n) is 16.5. The first-order valence-corrected chi connectivity index (χ1v) is 9.76. The summed E-state index contributed by atoms with van der Waals surface area (Å²) in [4.78, 5) is 9.09. The summed E-state index contributed by atoms with van der Waals surface area (Å²) in [5.74, 6) is 2.47. The topological polar surface area (TPSA) is 74.9 Å². The molecule has 1 N–H and O–H groups in total. The molecule has 0 amide bonds. The van der Waals surface area contributed by atoms with Gasteiger partial charge in [0.2, 0.25) is 5.89 Å². The highest BCUT2D eigenvalue weighted by molar-refractivity contribution is 5.34. The lowest BCUT2D eigenvalue weighted by Crippen LogP contribution is -2.53. The summed E-state index contributed by atoms with van der Waals surface area (Å²) in [6, 6.07) is 8.39. The summed E-state index contributed by atoms with van der Waals surface area (Å²) in [7, 11) is 0. The van der Waals surface area contributed by atoms with E-state index in [-0.39, 0.29) is 18.6 Å². The van der Waals surface area contributed by atoms with Crippen molar-refractivity contribution in [1.82, 2.24) is 15.0 Å². The third-order valence-electron chi connectivity index (χ3n) is 4.92. The van der Waals surface area contributed by atoms with Crippen LogP contribution in [-0.4, -0.2) is 59.0 Å². The maximum Gasteiger partial charge on any atom is 0.266 e. The molecule has 3 rings (SSSR count). The maximum atomic E-state index is 9.56. The fraction of sp³-hybridized carbons (Fsp3) is 0.600. The molecule has 0 radical (unpaired) electrons. The molecule has 1 fully saturated rings. The second-order valence-corrected chi connectivity index (χ2v) is 7.21. The summed E-state index contributed by atoms with van der Waals surface area (Å²) >= 11 is 0. The van der Waals surface area contributed by atoms with Gasteiger partial charge in [-0.25, -0.2) is 0 Å². The van der Waals surface area contributed by atoms with Gasteiger partial charge >= 0.3 is 0 Å². The van der Waals surface area contributed by atoms with Crippen molar-refractivity contribution in [3.8, 4) is 5.75 Å². The van der Waals surface area contributed by atoms with Crippen LogP contribution in [0.1, 0.15) is 44.6 Å². The zero-order chi connectivity index (χ0) is 19.2. The lowest BCUT2D eigenvalue weighted by Gasteiger charge is -2.41. The van der Waals surface area contributed by atoms with Gasteiger partial charge in [0.25, 0.3) is 5.95 Å². The van der Waals surface area contributed by atoms with Gasteiger partial charge in [-0.15, -0.1) is 0 Å². The van der Waals surface area contributed by atoms with E-state index in [9.17, 15) is 5.11 Å². The van der Waals surface area contributed by atoms with Gasteiger partial charge in [0.1, 0.15) is 5.75 Å². The second kappa shape index (κ2) is 9.19. The standard InChI is InChI=1S/C20H30N4O3/c1-4-26-18-8-6-5-7-16(18)13-23-10-11-24(14-17(23)9-12-25)20-21-19(15(2)3)27-22-20/h5-8,15,17,25H,4,9-14H2,1-3H3. The van der Waals surface area contributed by atoms with Crippen LogP contribution < -0.4 is 9.64 Å². The molecule has 1 unspecified atom stereocenters. The van der Waals surface area contributed by atoms with E-state index in [0.29, 0.717) is 24.9 Å². The molecule has 1 aliphatic heterocycles. The summed E-state index contributed by atoms with van der Waals surface area (Å²) < 4.78 is 11.1. The van der Waals surface area contributed by atoms with Crippen molar-refractivity contribution in [1.29, 1.82) is 0 Å². The van der Waals surface area contributed by atoms with Gasteiger partial charge < -0.3 is 19.3 Å². The van der Waals surface area contributed by atoms with Crippen molar-refractivity contribution in [2.45, 2.75) is 45.7 Å². The van der Waals surface area contributed by atoms with Crippen LogP contribution in [-0.2, 0) is 6.54 Å². The SMILES string of the molecule is CCOc1ccccc1CN1CCN(c2noc(C(C)C)n2)CC1CCO. The van der Waals surface area contributed by atoms with Crippen LogP contribution in [0.15, 0.2) is 28.8 Å². The number of ether oxygens (including phenoxy) is 1. The van der Waals surface area contributed by atoms with Gasteiger partial charge in [-0.05, 0) is 24.6 Å². The molecular weight excluding hydrogens is 344 g/mol. The number of anilines is 1. The molecule has 2 aromatic rings. The van der Waals surface area contributed by atoms with E-state index in [1.165, 1.54) is 5.56 Å². The number of aliphatic hydroxyl groups excluding tert-OH is 1. The third kappa shape index (κ3) is 4.78. The van der Waals surface area contributed by atoms with Gasteiger partial charge in [-0.2, -0.15) is 4.98 Å². The highest BCUT2D eigenvalue weighted by Gasteiger charge is 2.29. The Balaban J connectivity index is 1.71. The molecule has 0 bridgehead atoms. The van der Waals surface area contributed by atoms with Crippen molar-refractivity contribution < 1.29 is 14.4 Å². The van der Waals surface area contributed by atoms with Gasteiger partial charge in [-0.1, -0.05) is 32.0 Å². The Morgan fingerprint density at radius 2 is 2.11 bits per heavy atom. The monoisotopic (exact) mass is 374 g/mol. The van der Waals surface area contributed by atoms with E-state index in [1.807, 2.05) is 39.0 Å². The molecule has 7 nitrogen and oxygen atoms in total. The van der Waals surface area contributed by atoms with Gasteiger partial charge in [0, 0.05) is 50.3 Å². The quantitative estimate of drug-likeness (QED) is 0.761. The fourth-order valence-electron chi connectivity index (χ4n) is 3.45. The number of piperazine rings is 1. The second-order valence-electron chi connectivity index (χ2n) is 7.21. The maximum absolute atomic E-state index is 9.56. The largest absolute Gasteiger partial charge is 0.494 e. The number of hydrogen-bond donors (Lipinski definition) is 1. The molecule has 7 heteroatoms. The number of para-hydroxylation sites is 1. The lowest BCUT2D eigenvalue weighted by atomic mass is 10.1. The Bertz CT molecular complexity index is 719. The van der Waals surface area contributed by atoms with E-state index in [4.69, 9.17) is 9.26 Å².